The summed E-state index contributed by atoms with van der Waals surface area (Å²) in [7, 11) is 0. The number of amides is 1. The maximum atomic E-state index is 11.8. The zero-order valence-electron chi connectivity index (χ0n) is 9.65. The first-order valence-electron chi connectivity index (χ1n) is 5.45. The van der Waals surface area contributed by atoms with E-state index in [-0.39, 0.29) is 18.7 Å². The number of carbonyl (C=O) groups is 1. The van der Waals surface area contributed by atoms with Gasteiger partial charge in [0.1, 0.15) is 0 Å². The van der Waals surface area contributed by atoms with Gasteiger partial charge in [-0.25, -0.2) is 0 Å². The van der Waals surface area contributed by atoms with Crippen molar-refractivity contribution in [3.05, 3.63) is 0 Å². The largest absolute Gasteiger partial charge is 0.339 e. The second-order valence-corrected chi connectivity index (χ2v) is 3.54. The van der Waals surface area contributed by atoms with Crippen LogP contribution in [0.15, 0.2) is 0 Å². The first kappa shape index (κ1) is 14.4. The molecule has 0 bridgehead atoms. The summed E-state index contributed by atoms with van der Waals surface area (Å²) in [5.41, 5.74) is 5.72. The van der Waals surface area contributed by atoms with Crippen LogP contribution in [0.25, 0.3) is 0 Å². The molecule has 0 fully saturated rings. The third-order valence-corrected chi connectivity index (χ3v) is 2.22. The average molecular weight is 222 g/mol. The molecule has 0 spiro atoms. The van der Waals surface area contributed by atoms with Crippen LogP contribution in [0.4, 0.5) is 0 Å². The van der Waals surface area contributed by atoms with Crippen molar-refractivity contribution in [2.24, 2.45) is 5.73 Å². The monoisotopic (exact) mass is 222 g/mol. The first-order valence-corrected chi connectivity index (χ1v) is 5.45. The van der Waals surface area contributed by atoms with Gasteiger partial charge in [-0.2, -0.15) is 10.5 Å². The van der Waals surface area contributed by atoms with E-state index in [1.165, 1.54) is 4.90 Å². The van der Waals surface area contributed by atoms with E-state index in [1.54, 1.807) is 0 Å². The Morgan fingerprint density at radius 2 is 1.81 bits per heavy atom. The molecule has 1 amide bonds. The summed E-state index contributed by atoms with van der Waals surface area (Å²) in [5, 5.41) is 17.0. The first-order chi connectivity index (χ1) is 7.67. The highest BCUT2D eigenvalue weighted by molar-refractivity contribution is 5.81. The Hall–Kier alpha value is -1.59. The van der Waals surface area contributed by atoms with Crippen molar-refractivity contribution in [3.8, 4) is 12.1 Å². The van der Waals surface area contributed by atoms with Crippen molar-refractivity contribution in [1.29, 1.82) is 10.5 Å². The lowest BCUT2D eigenvalue weighted by Crippen LogP contribution is -2.44. The molecule has 0 unspecified atom stereocenters. The predicted molar refractivity (Wildman–Crippen MR) is 59.9 cm³/mol. The van der Waals surface area contributed by atoms with E-state index in [9.17, 15) is 4.79 Å². The Morgan fingerprint density at radius 1 is 1.31 bits per heavy atom. The lowest BCUT2D eigenvalue weighted by Gasteiger charge is -2.23. The van der Waals surface area contributed by atoms with Gasteiger partial charge in [0.25, 0.3) is 0 Å². The lowest BCUT2D eigenvalue weighted by atomic mass is 10.1. The molecule has 0 saturated carbocycles. The van der Waals surface area contributed by atoms with Gasteiger partial charge in [0.2, 0.25) is 5.91 Å². The molecule has 5 nitrogen and oxygen atoms in total. The van der Waals surface area contributed by atoms with Gasteiger partial charge in [-0.1, -0.05) is 13.3 Å². The SMILES string of the molecule is CCC[C@H](N)C(=O)N(CCC#N)CCC#N. The molecule has 16 heavy (non-hydrogen) atoms. The zero-order valence-corrected chi connectivity index (χ0v) is 9.65. The Balaban J connectivity index is 4.31. The molecule has 0 heterocycles. The van der Waals surface area contributed by atoms with Crippen LogP contribution >= 0.6 is 0 Å². The maximum absolute atomic E-state index is 11.8. The maximum Gasteiger partial charge on any atom is 0.239 e. The van der Waals surface area contributed by atoms with Crippen LogP contribution in [0.1, 0.15) is 32.6 Å². The van der Waals surface area contributed by atoms with Crippen LogP contribution in [0, 0.1) is 22.7 Å². The van der Waals surface area contributed by atoms with E-state index in [0.717, 1.165) is 6.42 Å². The molecule has 0 saturated heterocycles. The molecular weight excluding hydrogens is 204 g/mol. The van der Waals surface area contributed by atoms with Crippen LogP contribution in [0.2, 0.25) is 0 Å². The van der Waals surface area contributed by atoms with Gasteiger partial charge in [0.15, 0.2) is 0 Å². The van der Waals surface area contributed by atoms with Gasteiger partial charge in [-0.3, -0.25) is 4.79 Å². The lowest BCUT2D eigenvalue weighted by molar-refractivity contribution is -0.132. The second kappa shape index (κ2) is 8.70. The highest BCUT2D eigenvalue weighted by Gasteiger charge is 2.19. The predicted octanol–water partition coefficient (Wildman–Crippen LogP) is 0.770. The van der Waals surface area contributed by atoms with Crippen LogP contribution in [0.5, 0.6) is 0 Å². The standard InChI is InChI=1S/C11H18N4O/c1-2-5-10(14)11(16)15(8-3-6-12)9-4-7-13/h10H,2-5,8-9,14H2,1H3/t10-/m0/s1. The quantitative estimate of drug-likeness (QED) is 0.688. The normalized spacial score (nSPS) is 11.2. The number of rotatable bonds is 7. The van der Waals surface area contributed by atoms with Crippen LogP contribution in [0.3, 0.4) is 0 Å². The Labute approximate surface area is 96.4 Å². The molecule has 5 heteroatoms. The van der Waals surface area contributed by atoms with E-state index in [2.05, 4.69) is 0 Å². The van der Waals surface area contributed by atoms with Crippen molar-refractivity contribution in [3.63, 3.8) is 0 Å². The fourth-order valence-corrected chi connectivity index (χ4v) is 1.37. The number of hydrogen-bond donors (Lipinski definition) is 1. The minimum absolute atomic E-state index is 0.160. The van der Waals surface area contributed by atoms with Crippen LogP contribution in [-0.2, 0) is 4.79 Å². The molecule has 0 aliphatic heterocycles. The van der Waals surface area contributed by atoms with E-state index < -0.39 is 6.04 Å². The molecule has 0 aliphatic carbocycles. The molecule has 1 atom stereocenters. The third kappa shape index (κ3) is 5.33. The van der Waals surface area contributed by atoms with Gasteiger partial charge in [-0.05, 0) is 6.42 Å². The topological polar surface area (TPSA) is 93.9 Å². The average Bonchev–Trinajstić information content (AvgIpc) is 2.29. The van der Waals surface area contributed by atoms with Gasteiger partial charge < -0.3 is 10.6 Å². The van der Waals surface area contributed by atoms with Crippen molar-refractivity contribution in [1.82, 2.24) is 4.90 Å². The number of nitriles is 2. The molecule has 88 valence electrons. The van der Waals surface area contributed by atoms with E-state index in [4.69, 9.17) is 16.3 Å². The number of carbonyl (C=O) groups excluding carboxylic acids is 1. The minimum atomic E-state index is -0.512. The van der Waals surface area contributed by atoms with Crippen molar-refractivity contribution >= 4 is 5.91 Å². The molecule has 2 N–H and O–H groups in total. The van der Waals surface area contributed by atoms with Crippen LogP contribution in [-0.4, -0.2) is 29.9 Å². The fourth-order valence-electron chi connectivity index (χ4n) is 1.37. The molecule has 0 aromatic carbocycles. The summed E-state index contributed by atoms with van der Waals surface area (Å²) < 4.78 is 0. The summed E-state index contributed by atoms with van der Waals surface area (Å²) in [6.07, 6.45) is 2.03. The highest BCUT2D eigenvalue weighted by Crippen LogP contribution is 2.02. The summed E-state index contributed by atoms with van der Waals surface area (Å²) >= 11 is 0. The number of nitrogens with zero attached hydrogens (tertiary/aromatic N) is 3. The summed E-state index contributed by atoms with van der Waals surface area (Å²) in [6.45, 7) is 2.67. The number of hydrogen-bond acceptors (Lipinski definition) is 4. The van der Waals surface area contributed by atoms with Crippen molar-refractivity contribution in [2.75, 3.05) is 13.1 Å². The molecular formula is C11H18N4O. The van der Waals surface area contributed by atoms with Crippen molar-refractivity contribution < 1.29 is 4.79 Å². The molecule has 0 radical (unpaired) electrons. The van der Waals surface area contributed by atoms with Crippen molar-refractivity contribution in [2.45, 2.75) is 38.6 Å². The molecule has 0 aromatic heterocycles. The summed E-state index contributed by atoms with van der Waals surface area (Å²) in [5.74, 6) is -0.160. The Kier molecular flexibility index (Phi) is 7.83. The van der Waals surface area contributed by atoms with Gasteiger partial charge in [0, 0.05) is 13.1 Å². The summed E-state index contributed by atoms with van der Waals surface area (Å²) in [6, 6.07) is 3.45. The van der Waals surface area contributed by atoms with E-state index in [0.29, 0.717) is 19.5 Å². The molecule has 0 rings (SSSR count). The summed E-state index contributed by atoms with van der Waals surface area (Å²) in [4.78, 5) is 13.3. The Bertz CT molecular complexity index is 271. The Morgan fingerprint density at radius 3 is 2.19 bits per heavy atom. The zero-order chi connectivity index (χ0) is 12.4. The van der Waals surface area contributed by atoms with Gasteiger partial charge >= 0.3 is 0 Å². The smallest absolute Gasteiger partial charge is 0.239 e. The van der Waals surface area contributed by atoms with E-state index >= 15 is 0 Å². The minimum Gasteiger partial charge on any atom is -0.339 e. The van der Waals surface area contributed by atoms with Gasteiger partial charge in [0.05, 0.1) is 31.0 Å². The number of nitrogens with two attached hydrogens (primary N) is 1. The highest BCUT2D eigenvalue weighted by atomic mass is 16.2. The molecule has 0 aromatic rings. The van der Waals surface area contributed by atoms with E-state index in [1.807, 2.05) is 19.1 Å². The molecule has 0 aliphatic rings. The third-order valence-electron chi connectivity index (χ3n) is 2.22. The second-order valence-electron chi connectivity index (χ2n) is 3.54. The van der Waals surface area contributed by atoms with Gasteiger partial charge in [-0.15, -0.1) is 0 Å². The fraction of sp³-hybridized carbons (Fsp3) is 0.727. The van der Waals surface area contributed by atoms with Crippen LogP contribution < -0.4 is 5.73 Å².